The highest BCUT2D eigenvalue weighted by Gasteiger charge is 2.27. The molecule has 1 unspecified atom stereocenters. The number of benzene rings is 1. The summed E-state index contributed by atoms with van der Waals surface area (Å²) >= 11 is 0. The second-order valence-electron chi connectivity index (χ2n) is 6.34. The van der Waals surface area contributed by atoms with Gasteiger partial charge < -0.3 is 0 Å². The Kier molecular flexibility index (Phi) is 5.49. The van der Waals surface area contributed by atoms with Gasteiger partial charge in [0.25, 0.3) is 5.92 Å². The fraction of sp³-hybridized carbons (Fsp3) is 0.474. The molecule has 21 heavy (non-hydrogen) atoms. The first kappa shape index (κ1) is 17.6. The van der Waals surface area contributed by atoms with Gasteiger partial charge in [0.2, 0.25) is 0 Å². The highest BCUT2D eigenvalue weighted by molar-refractivity contribution is 5.65. The van der Waals surface area contributed by atoms with Crippen LogP contribution in [0.2, 0.25) is 0 Å². The van der Waals surface area contributed by atoms with Crippen LogP contribution in [0, 0.1) is 5.41 Å². The van der Waals surface area contributed by atoms with Crippen molar-refractivity contribution in [2.24, 2.45) is 5.41 Å². The van der Waals surface area contributed by atoms with Crippen molar-refractivity contribution in [3.63, 3.8) is 0 Å². The monoisotopic (exact) mass is 292 g/mol. The second kappa shape index (κ2) is 6.55. The standard InChI is InChI=1S/C19H26F2/c1-7-11-18(5,14(2)3)13-15(4)16-9-8-10-17(12-16)19(6,20)21/h8-10,12H,2,4,7,11,13H2,1,3,5-6H3. The molecule has 0 fully saturated rings. The van der Waals surface area contributed by atoms with Gasteiger partial charge >= 0.3 is 0 Å². The molecule has 2 heteroatoms. The third-order valence-electron chi connectivity index (χ3n) is 4.21. The predicted octanol–water partition coefficient (Wildman–Crippen LogP) is 6.58. The third-order valence-corrected chi connectivity index (χ3v) is 4.21. The molecule has 0 N–H and O–H groups in total. The number of halogens is 2. The van der Waals surface area contributed by atoms with Crippen LogP contribution in [0.15, 0.2) is 43.0 Å². The Morgan fingerprint density at radius 2 is 1.81 bits per heavy atom. The van der Waals surface area contributed by atoms with Gasteiger partial charge in [0.1, 0.15) is 0 Å². The molecular weight excluding hydrogens is 266 g/mol. The van der Waals surface area contributed by atoms with Crippen molar-refractivity contribution in [1.29, 1.82) is 0 Å². The highest BCUT2D eigenvalue weighted by Crippen LogP contribution is 2.40. The molecular formula is C19H26F2. The van der Waals surface area contributed by atoms with Crippen molar-refractivity contribution in [1.82, 2.24) is 0 Å². The number of rotatable bonds is 7. The summed E-state index contributed by atoms with van der Waals surface area (Å²) in [6.07, 6.45) is 2.82. The maximum Gasteiger partial charge on any atom is 0.270 e. The molecule has 0 saturated heterocycles. The number of allylic oxidation sites excluding steroid dienone is 2. The summed E-state index contributed by atoms with van der Waals surface area (Å²) in [6, 6.07) is 6.53. The maximum absolute atomic E-state index is 13.4. The van der Waals surface area contributed by atoms with Crippen LogP contribution in [0.5, 0.6) is 0 Å². The Morgan fingerprint density at radius 1 is 1.19 bits per heavy atom. The molecule has 0 radical (unpaired) electrons. The first-order valence-electron chi connectivity index (χ1n) is 7.42. The third kappa shape index (κ3) is 4.52. The number of hydrogen-bond donors (Lipinski definition) is 0. The topological polar surface area (TPSA) is 0 Å². The Balaban J connectivity index is 3.01. The number of alkyl halides is 2. The molecule has 116 valence electrons. The summed E-state index contributed by atoms with van der Waals surface area (Å²) < 4.78 is 26.9. The highest BCUT2D eigenvalue weighted by atomic mass is 19.3. The van der Waals surface area contributed by atoms with Gasteiger partial charge in [-0.1, -0.05) is 57.2 Å². The minimum Gasteiger partial charge on any atom is -0.202 e. The fourth-order valence-electron chi connectivity index (χ4n) is 2.59. The SMILES string of the molecule is C=C(CC(C)(CCC)C(=C)C)c1cccc(C(C)(F)F)c1. The van der Waals surface area contributed by atoms with E-state index >= 15 is 0 Å². The molecule has 1 aromatic carbocycles. The molecule has 1 rings (SSSR count). The van der Waals surface area contributed by atoms with Crippen LogP contribution in [-0.4, -0.2) is 0 Å². The summed E-state index contributed by atoms with van der Waals surface area (Å²) in [4.78, 5) is 0. The minimum absolute atomic E-state index is 0.0312. The van der Waals surface area contributed by atoms with Crippen LogP contribution in [0.25, 0.3) is 5.57 Å². The van der Waals surface area contributed by atoms with Crippen LogP contribution < -0.4 is 0 Å². The largest absolute Gasteiger partial charge is 0.270 e. The molecule has 0 amide bonds. The van der Waals surface area contributed by atoms with E-state index in [4.69, 9.17) is 0 Å². The van der Waals surface area contributed by atoms with Crippen LogP contribution in [0.4, 0.5) is 8.78 Å². The Hall–Kier alpha value is -1.44. The van der Waals surface area contributed by atoms with Crippen LogP contribution >= 0.6 is 0 Å². The van der Waals surface area contributed by atoms with Crippen molar-refractivity contribution in [2.75, 3.05) is 0 Å². The zero-order chi connectivity index (χ0) is 16.3. The molecule has 0 nitrogen and oxygen atoms in total. The van der Waals surface area contributed by atoms with Gasteiger partial charge in [0.15, 0.2) is 0 Å². The maximum atomic E-state index is 13.4. The quantitative estimate of drug-likeness (QED) is 0.498. The lowest BCUT2D eigenvalue weighted by molar-refractivity contribution is 0.0174. The lowest BCUT2D eigenvalue weighted by atomic mass is 9.74. The van der Waals surface area contributed by atoms with Crippen molar-refractivity contribution < 1.29 is 8.78 Å². The van der Waals surface area contributed by atoms with Gasteiger partial charge in [-0.15, -0.1) is 0 Å². The van der Waals surface area contributed by atoms with E-state index in [1.165, 1.54) is 6.07 Å². The first-order valence-corrected chi connectivity index (χ1v) is 7.42. The molecule has 1 atom stereocenters. The van der Waals surface area contributed by atoms with E-state index in [1.54, 1.807) is 12.1 Å². The normalized spacial score (nSPS) is 14.6. The molecule has 0 bridgehead atoms. The summed E-state index contributed by atoms with van der Waals surface area (Å²) in [5.74, 6) is -2.82. The Bertz CT molecular complexity index is 523. The van der Waals surface area contributed by atoms with Crippen LogP contribution in [0.3, 0.4) is 0 Å². The molecule has 0 aromatic heterocycles. The van der Waals surface area contributed by atoms with Gasteiger partial charge in [0.05, 0.1) is 0 Å². The van der Waals surface area contributed by atoms with E-state index in [0.29, 0.717) is 0 Å². The van der Waals surface area contributed by atoms with E-state index in [0.717, 1.165) is 42.9 Å². The van der Waals surface area contributed by atoms with E-state index in [-0.39, 0.29) is 11.0 Å². The average molecular weight is 292 g/mol. The smallest absolute Gasteiger partial charge is 0.202 e. The second-order valence-corrected chi connectivity index (χ2v) is 6.34. The van der Waals surface area contributed by atoms with E-state index < -0.39 is 5.92 Å². The molecule has 0 saturated carbocycles. The summed E-state index contributed by atoms with van der Waals surface area (Å²) in [6.45, 7) is 15.5. The van der Waals surface area contributed by atoms with Gasteiger partial charge in [-0.25, -0.2) is 8.78 Å². The molecule has 0 aliphatic rings. The van der Waals surface area contributed by atoms with Gasteiger partial charge in [-0.3, -0.25) is 0 Å². The molecule has 0 heterocycles. The zero-order valence-corrected chi connectivity index (χ0v) is 13.6. The van der Waals surface area contributed by atoms with Gasteiger partial charge in [-0.2, -0.15) is 0 Å². The van der Waals surface area contributed by atoms with Crippen molar-refractivity contribution >= 4 is 5.57 Å². The summed E-state index contributed by atoms with van der Waals surface area (Å²) in [5, 5.41) is 0. The zero-order valence-electron chi connectivity index (χ0n) is 13.6. The van der Waals surface area contributed by atoms with Gasteiger partial charge in [0, 0.05) is 12.5 Å². The van der Waals surface area contributed by atoms with Gasteiger partial charge in [-0.05, 0) is 42.4 Å². The molecule has 1 aromatic rings. The van der Waals surface area contributed by atoms with E-state index in [2.05, 4.69) is 27.0 Å². The van der Waals surface area contributed by atoms with Crippen molar-refractivity contribution in [3.8, 4) is 0 Å². The first-order chi connectivity index (χ1) is 9.60. The Morgan fingerprint density at radius 3 is 2.29 bits per heavy atom. The minimum atomic E-state index is -2.82. The summed E-state index contributed by atoms with van der Waals surface area (Å²) in [5.41, 5.74) is 2.80. The van der Waals surface area contributed by atoms with E-state index in [9.17, 15) is 8.78 Å². The van der Waals surface area contributed by atoms with Crippen molar-refractivity contribution in [3.05, 3.63) is 54.1 Å². The molecule has 0 aliphatic heterocycles. The van der Waals surface area contributed by atoms with Crippen molar-refractivity contribution in [2.45, 2.75) is 52.9 Å². The van der Waals surface area contributed by atoms with E-state index in [1.807, 2.05) is 13.0 Å². The molecule has 0 spiro atoms. The lowest BCUT2D eigenvalue weighted by Gasteiger charge is -2.31. The molecule has 0 aliphatic carbocycles. The van der Waals surface area contributed by atoms with Crippen LogP contribution in [-0.2, 0) is 5.92 Å². The average Bonchev–Trinajstić information content (AvgIpc) is 2.38. The fourth-order valence-corrected chi connectivity index (χ4v) is 2.59. The lowest BCUT2D eigenvalue weighted by Crippen LogP contribution is -2.18. The summed E-state index contributed by atoms with van der Waals surface area (Å²) in [7, 11) is 0. The Labute approximate surface area is 127 Å². The predicted molar refractivity (Wildman–Crippen MR) is 87.5 cm³/mol. The number of hydrogen-bond acceptors (Lipinski definition) is 0. The van der Waals surface area contributed by atoms with Crippen LogP contribution in [0.1, 0.15) is 58.1 Å².